The van der Waals surface area contributed by atoms with Crippen molar-refractivity contribution in [2.24, 2.45) is 5.73 Å². The fourth-order valence-corrected chi connectivity index (χ4v) is 1.21. The van der Waals surface area contributed by atoms with Crippen molar-refractivity contribution in [3.8, 4) is 0 Å². The summed E-state index contributed by atoms with van der Waals surface area (Å²) in [6, 6.07) is 9.37. The van der Waals surface area contributed by atoms with Gasteiger partial charge in [0, 0.05) is 6.54 Å². The van der Waals surface area contributed by atoms with Crippen LogP contribution in [-0.2, 0) is 16.1 Å². The van der Waals surface area contributed by atoms with Gasteiger partial charge in [-0.25, -0.2) is 9.59 Å². The molecule has 3 N–H and O–H groups in total. The molecule has 0 saturated carbocycles. The zero-order chi connectivity index (χ0) is 13.2. The van der Waals surface area contributed by atoms with Crippen molar-refractivity contribution >= 4 is 12.2 Å². The Morgan fingerprint density at radius 2 is 1.89 bits per heavy atom. The molecule has 0 spiro atoms. The van der Waals surface area contributed by atoms with E-state index in [-0.39, 0.29) is 13.2 Å². The summed E-state index contributed by atoms with van der Waals surface area (Å²) in [6.07, 6.45) is -0.830. The van der Waals surface area contributed by atoms with Gasteiger partial charge in [-0.1, -0.05) is 30.3 Å². The molecule has 18 heavy (non-hydrogen) atoms. The summed E-state index contributed by atoms with van der Waals surface area (Å²) in [5.41, 5.74) is 5.69. The molecule has 0 heterocycles. The van der Waals surface area contributed by atoms with Crippen molar-refractivity contribution in [1.29, 1.82) is 0 Å². The van der Waals surface area contributed by atoms with Gasteiger partial charge in [0.15, 0.2) is 0 Å². The second-order valence-corrected chi connectivity index (χ2v) is 3.51. The smallest absolute Gasteiger partial charge is 0.407 e. The molecule has 2 amide bonds. The number of primary amides is 1. The Balaban J connectivity index is 2.06. The van der Waals surface area contributed by atoms with Crippen LogP contribution in [0.15, 0.2) is 30.3 Å². The van der Waals surface area contributed by atoms with Gasteiger partial charge in [0.25, 0.3) is 0 Å². The van der Waals surface area contributed by atoms with E-state index in [1.165, 1.54) is 0 Å². The zero-order valence-corrected chi connectivity index (χ0v) is 9.93. The first kappa shape index (κ1) is 13.8. The molecule has 0 aliphatic heterocycles. The van der Waals surface area contributed by atoms with Crippen LogP contribution in [0.1, 0.15) is 12.0 Å². The van der Waals surface area contributed by atoms with Crippen molar-refractivity contribution < 1.29 is 19.1 Å². The quantitative estimate of drug-likeness (QED) is 0.749. The van der Waals surface area contributed by atoms with Gasteiger partial charge < -0.3 is 20.5 Å². The Morgan fingerprint density at radius 1 is 1.17 bits per heavy atom. The first-order valence-corrected chi connectivity index (χ1v) is 5.55. The number of nitrogens with two attached hydrogens (primary N) is 1. The molecule has 0 fully saturated rings. The Labute approximate surface area is 105 Å². The van der Waals surface area contributed by atoms with Gasteiger partial charge in [-0.3, -0.25) is 0 Å². The van der Waals surface area contributed by atoms with E-state index in [2.05, 4.69) is 10.1 Å². The first-order valence-electron chi connectivity index (χ1n) is 5.55. The van der Waals surface area contributed by atoms with E-state index in [0.29, 0.717) is 13.0 Å². The highest BCUT2D eigenvalue weighted by Crippen LogP contribution is 2.00. The van der Waals surface area contributed by atoms with Crippen molar-refractivity contribution in [2.45, 2.75) is 13.0 Å². The number of nitrogens with one attached hydrogen (secondary N) is 1. The van der Waals surface area contributed by atoms with Crippen LogP contribution in [0.2, 0.25) is 0 Å². The third-order valence-corrected chi connectivity index (χ3v) is 2.05. The van der Waals surface area contributed by atoms with E-state index in [4.69, 9.17) is 10.5 Å². The van der Waals surface area contributed by atoms with Crippen LogP contribution >= 0.6 is 0 Å². The summed E-state index contributed by atoms with van der Waals surface area (Å²) in [6.45, 7) is 0.764. The Hall–Kier alpha value is -2.24. The lowest BCUT2D eigenvalue weighted by Gasteiger charge is -2.06. The molecular formula is C12H16N2O4. The fourth-order valence-electron chi connectivity index (χ4n) is 1.21. The van der Waals surface area contributed by atoms with Crippen LogP contribution in [0.5, 0.6) is 0 Å². The van der Waals surface area contributed by atoms with Crippen LogP contribution in [0.25, 0.3) is 0 Å². The molecule has 0 bridgehead atoms. The molecular weight excluding hydrogens is 236 g/mol. The van der Waals surface area contributed by atoms with Crippen LogP contribution in [0, 0.1) is 0 Å². The van der Waals surface area contributed by atoms with Crippen LogP contribution in [0.3, 0.4) is 0 Å². The van der Waals surface area contributed by atoms with Gasteiger partial charge >= 0.3 is 12.2 Å². The Kier molecular flexibility index (Phi) is 6.10. The number of alkyl carbamates (subject to hydrolysis) is 1. The minimum atomic E-state index is -0.818. The summed E-state index contributed by atoms with van der Waals surface area (Å²) in [4.78, 5) is 21.5. The molecule has 1 rings (SSSR count). The maximum atomic E-state index is 11.2. The Bertz CT molecular complexity index is 381. The first-order chi connectivity index (χ1) is 8.68. The molecule has 6 nitrogen and oxygen atoms in total. The minimum Gasteiger partial charge on any atom is -0.450 e. The van der Waals surface area contributed by atoms with Crippen molar-refractivity contribution in [1.82, 2.24) is 5.32 Å². The number of carbonyl (C=O) groups is 2. The van der Waals surface area contributed by atoms with Crippen molar-refractivity contribution in [3.63, 3.8) is 0 Å². The van der Waals surface area contributed by atoms with Gasteiger partial charge in [0.1, 0.15) is 6.61 Å². The summed E-state index contributed by atoms with van der Waals surface area (Å²) in [5.74, 6) is 0. The van der Waals surface area contributed by atoms with Gasteiger partial charge in [0.2, 0.25) is 0 Å². The average Bonchev–Trinajstić information content (AvgIpc) is 2.37. The van der Waals surface area contributed by atoms with E-state index < -0.39 is 12.2 Å². The molecule has 0 aromatic heterocycles. The second-order valence-electron chi connectivity index (χ2n) is 3.51. The summed E-state index contributed by atoms with van der Waals surface area (Å²) < 4.78 is 9.47. The van der Waals surface area contributed by atoms with E-state index in [1.807, 2.05) is 30.3 Å². The minimum absolute atomic E-state index is 0.175. The highest BCUT2D eigenvalue weighted by Gasteiger charge is 2.01. The SMILES string of the molecule is NC(=O)OCCCNC(=O)OCc1ccccc1. The molecule has 0 unspecified atom stereocenters. The average molecular weight is 252 g/mol. The standard InChI is InChI=1S/C12H16N2O4/c13-11(15)17-8-4-7-14-12(16)18-9-10-5-2-1-3-6-10/h1-3,5-6H,4,7-9H2,(H2,13,15)(H,14,16). The monoisotopic (exact) mass is 252 g/mol. The van der Waals surface area contributed by atoms with E-state index >= 15 is 0 Å². The maximum absolute atomic E-state index is 11.2. The molecule has 1 aromatic rings. The van der Waals surface area contributed by atoms with E-state index in [0.717, 1.165) is 5.56 Å². The number of carbonyl (C=O) groups excluding carboxylic acids is 2. The van der Waals surface area contributed by atoms with Crippen LogP contribution in [0.4, 0.5) is 9.59 Å². The molecule has 0 aliphatic rings. The van der Waals surface area contributed by atoms with Gasteiger partial charge in [0.05, 0.1) is 6.61 Å². The van der Waals surface area contributed by atoms with Crippen LogP contribution in [-0.4, -0.2) is 25.3 Å². The third kappa shape index (κ3) is 6.37. The molecule has 0 radical (unpaired) electrons. The molecule has 0 aliphatic carbocycles. The lowest BCUT2D eigenvalue weighted by atomic mass is 10.2. The number of benzene rings is 1. The van der Waals surface area contributed by atoms with Gasteiger partial charge in [-0.15, -0.1) is 0 Å². The van der Waals surface area contributed by atoms with Crippen molar-refractivity contribution in [3.05, 3.63) is 35.9 Å². The number of amides is 2. The summed E-state index contributed by atoms with van der Waals surface area (Å²) >= 11 is 0. The van der Waals surface area contributed by atoms with Crippen molar-refractivity contribution in [2.75, 3.05) is 13.2 Å². The second kappa shape index (κ2) is 7.94. The van der Waals surface area contributed by atoms with Crippen LogP contribution < -0.4 is 11.1 Å². The molecule has 0 atom stereocenters. The lowest BCUT2D eigenvalue weighted by molar-refractivity contribution is 0.137. The van der Waals surface area contributed by atoms with Gasteiger partial charge in [-0.2, -0.15) is 0 Å². The highest BCUT2D eigenvalue weighted by atomic mass is 16.6. The normalized spacial score (nSPS) is 9.56. The van der Waals surface area contributed by atoms with Gasteiger partial charge in [-0.05, 0) is 12.0 Å². The molecule has 6 heteroatoms. The molecule has 0 saturated heterocycles. The number of hydrogen-bond donors (Lipinski definition) is 2. The fraction of sp³-hybridized carbons (Fsp3) is 0.333. The van der Waals surface area contributed by atoms with E-state index in [9.17, 15) is 9.59 Å². The topological polar surface area (TPSA) is 90.7 Å². The number of ether oxygens (including phenoxy) is 2. The summed E-state index contributed by atoms with van der Waals surface area (Å²) in [7, 11) is 0. The van der Waals surface area contributed by atoms with E-state index in [1.54, 1.807) is 0 Å². The highest BCUT2D eigenvalue weighted by molar-refractivity contribution is 5.67. The largest absolute Gasteiger partial charge is 0.450 e. The maximum Gasteiger partial charge on any atom is 0.407 e. The number of rotatable bonds is 6. The third-order valence-electron chi connectivity index (χ3n) is 2.05. The number of hydrogen-bond acceptors (Lipinski definition) is 4. The lowest BCUT2D eigenvalue weighted by Crippen LogP contribution is -2.26. The predicted molar refractivity (Wildman–Crippen MR) is 64.8 cm³/mol. The Morgan fingerprint density at radius 3 is 2.56 bits per heavy atom. The predicted octanol–water partition coefficient (Wildman–Crippen LogP) is 1.40. The molecule has 1 aromatic carbocycles. The zero-order valence-electron chi connectivity index (χ0n) is 9.93. The molecule has 98 valence electrons. The summed E-state index contributed by atoms with van der Waals surface area (Å²) in [5, 5.41) is 2.53.